The first-order valence-corrected chi connectivity index (χ1v) is 4.05. The molecule has 3 nitrogen and oxygen atoms in total. The highest BCUT2D eigenvalue weighted by atomic mass is 19.1. The van der Waals surface area contributed by atoms with Gasteiger partial charge in [0.2, 0.25) is 0 Å². The molecule has 1 atom stereocenters. The van der Waals surface area contributed by atoms with Gasteiger partial charge in [-0.15, -0.1) is 0 Å². The predicted molar refractivity (Wildman–Crippen MR) is 49.5 cm³/mol. The number of hydrogen-bond donors (Lipinski definition) is 1. The lowest BCUT2D eigenvalue weighted by molar-refractivity contribution is -0.413. The summed E-state index contributed by atoms with van der Waals surface area (Å²) >= 11 is 0. The zero-order valence-corrected chi connectivity index (χ0v) is 8.89. The molecule has 0 aromatic rings. The van der Waals surface area contributed by atoms with Gasteiger partial charge in [0.1, 0.15) is 5.67 Å². The molecule has 0 aromatic heterocycles. The predicted octanol–water partition coefficient (Wildman–Crippen LogP) is 0.748. The number of ether oxygens (including phenoxy) is 1. The van der Waals surface area contributed by atoms with Gasteiger partial charge >= 0.3 is 5.97 Å². The third-order valence-corrected chi connectivity index (χ3v) is 1.35. The van der Waals surface area contributed by atoms with Crippen LogP contribution >= 0.6 is 0 Å². The first kappa shape index (κ1) is 14.9. The summed E-state index contributed by atoms with van der Waals surface area (Å²) in [5.74, 6) is -0.428. The van der Waals surface area contributed by atoms with Gasteiger partial charge < -0.3 is 17.9 Å². The van der Waals surface area contributed by atoms with Gasteiger partial charge in [0.05, 0.1) is 6.61 Å². The van der Waals surface area contributed by atoms with Crippen molar-refractivity contribution in [3.05, 3.63) is 7.43 Å². The number of esters is 1. The monoisotopic (exact) mass is 193 g/mol. The van der Waals surface area contributed by atoms with Crippen molar-refractivity contribution in [1.82, 2.24) is 0 Å². The molecule has 13 heavy (non-hydrogen) atoms. The number of hydrogen-bond acceptors (Lipinski definition) is 2. The van der Waals surface area contributed by atoms with Crippen molar-refractivity contribution >= 4 is 5.97 Å². The van der Waals surface area contributed by atoms with E-state index in [4.69, 9.17) is 0 Å². The molecule has 3 N–H and O–H groups in total. The molecule has 1 unspecified atom stereocenters. The Kier molecular flexibility index (Phi) is 6.76. The van der Waals surface area contributed by atoms with Crippen molar-refractivity contribution in [3.63, 3.8) is 0 Å². The Hall–Kier alpha value is -0.640. The van der Waals surface area contributed by atoms with Crippen molar-refractivity contribution in [3.8, 4) is 0 Å². The van der Waals surface area contributed by atoms with Gasteiger partial charge in [0, 0.05) is 6.42 Å². The van der Waals surface area contributed by atoms with E-state index in [0.29, 0.717) is 6.61 Å². The van der Waals surface area contributed by atoms with Crippen LogP contribution in [0.5, 0.6) is 0 Å². The lowest BCUT2D eigenvalue weighted by atomic mass is 10.0. The van der Waals surface area contributed by atoms with E-state index in [-0.39, 0.29) is 13.8 Å². The van der Waals surface area contributed by atoms with Crippen molar-refractivity contribution in [1.29, 1.82) is 0 Å². The molecule has 0 fully saturated rings. The molecule has 0 saturated carbocycles. The molecule has 0 radical (unpaired) electrons. The van der Waals surface area contributed by atoms with Gasteiger partial charge in [-0.1, -0.05) is 0 Å². The van der Waals surface area contributed by atoms with Gasteiger partial charge in [-0.2, -0.15) is 0 Å². The van der Waals surface area contributed by atoms with E-state index in [0.717, 1.165) is 0 Å². The minimum absolute atomic E-state index is 0. The largest absolute Gasteiger partial charge is 0.462 e. The molecular formula is C9H20FNO2. The van der Waals surface area contributed by atoms with E-state index in [1.54, 1.807) is 6.92 Å². The quantitative estimate of drug-likeness (QED) is 0.529. The first-order chi connectivity index (χ1) is 5.37. The molecule has 0 aliphatic rings. The molecule has 0 heterocycles. The molecule has 0 spiro atoms. The zero-order valence-electron chi connectivity index (χ0n) is 8.89. The van der Waals surface area contributed by atoms with E-state index in [1.807, 2.05) is 0 Å². The summed E-state index contributed by atoms with van der Waals surface area (Å²) in [7, 11) is 0. The third-order valence-electron chi connectivity index (χ3n) is 1.35. The van der Waals surface area contributed by atoms with Crippen LogP contribution in [0.3, 0.4) is 0 Å². The van der Waals surface area contributed by atoms with Gasteiger partial charge in [0.25, 0.3) is 0 Å². The Morgan fingerprint density at radius 3 is 2.38 bits per heavy atom. The van der Waals surface area contributed by atoms with Gasteiger partial charge in [-0.05, 0) is 20.8 Å². The average Bonchev–Trinajstić information content (AvgIpc) is 1.84. The van der Waals surface area contributed by atoms with Crippen LogP contribution in [0.2, 0.25) is 0 Å². The lowest BCUT2D eigenvalue weighted by Gasteiger charge is -2.15. The Morgan fingerprint density at radius 1 is 1.62 bits per heavy atom. The van der Waals surface area contributed by atoms with Crippen LogP contribution in [0.25, 0.3) is 0 Å². The summed E-state index contributed by atoms with van der Waals surface area (Å²) in [6, 6.07) is -0.607. The minimum atomic E-state index is -1.36. The Labute approximate surface area is 79.4 Å². The second-order valence-electron chi connectivity index (χ2n) is 3.37. The third kappa shape index (κ3) is 7.71. The van der Waals surface area contributed by atoms with E-state index >= 15 is 0 Å². The van der Waals surface area contributed by atoms with Crippen molar-refractivity contribution in [2.24, 2.45) is 0 Å². The summed E-state index contributed by atoms with van der Waals surface area (Å²) in [6.07, 6.45) is 0.103. The maximum atomic E-state index is 13.0. The molecule has 80 valence electrons. The Balaban J connectivity index is 0. The van der Waals surface area contributed by atoms with Gasteiger partial charge in [-0.3, -0.25) is 0 Å². The molecule has 0 amide bonds. The Morgan fingerprint density at radius 2 is 2.08 bits per heavy atom. The number of alkyl halides is 1. The Bertz CT molecular complexity index is 154. The molecule has 0 aliphatic heterocycles. The van der Waals surface area contributed by atoms with Crippen molar-refractivity contribution < 1.29 is 19.7 Å². The number of rotatable bonds is 4. The molecule has 0 aromatic carbocycles. The summed E-state index contributed by atoms with van der Waals surface area (Å²) in [5.41, 5.74) is 2.17. The highest BCUT2D eigenvalue weighted by molar-refractivity contribution is 5.74. The van der Waals surface area contributed by atoms with E-state index in [1.165, 1.54) is 13.8 Å². The summed E-state index contributed by atoms with van der Waals surface area (Å²) in [5, 5.41) is 0. The fourth-order valence-electron chi connectivity index (χ4n) is 0.929. The maximum Gasteiger partial charge on any atom is 0.364 e. The zero-order chi connectivity index (χ0) is 9.78. The minimum Gasteiger partial charge on any atom is -0.462 e. The second kappa shape index (κ2) is 5.91. The van der Waals surface area contributed by atoms with Crippen LogP contribution in [-0.2, 0) is 9.53 Å². The highest BCUT2D eigenvalue weighted by Crippen LogP contribution is 2.14. The standard InChI is InChI=1S/C8H16FNO2.CH3/c1-4-12-7(11)6(10)5-8(2,3)9;/h6H,4-5,10H2,1-3H3;1H3/q;-1/p+1. The van der Waals surface area contributed by atoms with Crippen molar-refractivity contribution in [2.75, 3.05) is 6.61 Å². The normalized spacial score (nSPS) is 13.0. The topological polar surface area (TPSA) is 53.9 Å². The number of carbonyl (C=O) groups is 1. The molecule has 0 rings (SSSR count). The molecule has 0 saturated heterocycles. The SMILES string of the molecule is CCOC(=O)C([NH3+])CC(C)(C)F.[CH3-]. The maximum absolute atomic E-state index is 13.0. The van der Waals surface area contributed by atoms with E-state index in [9.17, 15) is 9.18 Å². The molecular weight excluding hydrogens is 173 g/mol. The summed E-state index contributed by atoms with van der Waals surface area (Å²) in [6.45, 7) is 4.87. The number of carbonyl (C=O) groups excluding carboxylic acids is 1. The van der Waals surface area contributed by atoms with Crippen molar-refractivity contribution in [2.45, 2.75) is 38.9 Å². The fraction of sp³-hybridized carbons (Fsp3) is 0.778. The average molecular weight is 193 g/mol. The van der Waals surface area contributed by atoms with E-state index in [2.05, 4.69) is 10.5 Å². The number of halogens is 1. The van der Waals surface area contributed by atoms with Gasteiger partial charge in [-0.25, -0.2) is 9.18 Å². The number of quaternary nitrogens is 1. The van der Waals surface area contributed by atoms with Crippen LogP contribution in [-0.4, -0.2) is 24.3 Å². The van der Waals surface area contributed by atoms with Crippen LogP contribution in [0.1, 0.15) is 27.2 Å². The first-order valence-electron chi connectivity index (χ1n) is 4.05. The molecule has 0 bridgehead atoms. The second-order valence-corrected chi connectivity index (χ2v) is 3.37. The lowest BCUT2D eigenvalue weighted by Crippen LogP contribution is -2.66. The van der Waals surface area contributed by atoms with Crippen LogP contribution < -0.4 is 5.73 Å². The van der Waals surface area contributed by atoms with Gasteiger partial charge in [0.15, 0.2) is 6.04 Å². The van der Waals surface area contributed by atoms with E-state index < -0.39 is 17.7 Å². The molecule has 4 heteroatoms. The smallest absolute Gasteiger partial charge is 0.364 e. The van der Waals surface area contributed by atoms with Crippen LogP contribution in [0.15, 0.2) is 0 Å². The summed E-state index contributed by atoms with van der Waals surface area (Å²) < 4.78 is 17.7. The van der Waals surface area contributed by atoms with Crippen LogP contribution in [0, 0.1) is 7.43 Å². The molecule has 0 aliphatic carbocycles. The fourth-order valence-corrected chi connectivity index (χ4v) is 0.929. The summed E-state index contributed by atoms with van der Waals surface area (Å²) in [4.78, 5) is 11.0. The highest BCUT2D eigenvalue weighted by Gasteiger charge is 2.28. The van der Waals surface area contributed by atoms with Crippen LogP contribution in [0.4, 0.5) is 4.39 Å².